The molecule has 0 bridgehead atoms. The van der Waals surface area contributed by atoms with E-state index < -0.39 is 35.5 Å². The number of para-hydroxylation sites is 1. The van der Waals surface area contributed by atoms with Crippen LogP contribution in [0.2, 0.25) is 0 Å². The van der Waals surface area contributed by atoms with Gasteiger partial charge >= 0.3 is 6.03 Å². The average molecular weight is 492 g/mol. The van der Waals surface area contributed by atoms with Crippen LogP contribution in [0, 0.1) is 6.92 Å². The molecule has 1 fully saturated rings. The zero-order chi connectivity index (χ0) is 25.6. The molecule has 11 heteroatoms. The van der Waals surface area contributed by atoms with E-state index in [1.54, 1.807) is 68.0 Å². The van der Waals surface area contributed by atoms with Gasteiger partial charge in [-0.1, -0.05) is 24.3 Å². The number of amides is 4. The molecule has 0 spiro atoms. The van der Waals surface area contributed by atoms with Crippen LogP contribution in [-0.4, -0.2) is 51.9 Å². The number of hydrogen-bond donors (Lipinski definition) is 2. The highest BCUT2D eigenvalue weighted by atomic mass is 16.6. The van der Waals surface area contributed by atoms with Gasteiger partial charge in [-0.15, -0.1) is 0 Å². The van der Waals surface area contributed by atoms with Crippen LogP contribution in [0.25, 0.3) is 5.69 Å². The summed E-state index contributed by atoms with van der Waals surface area (Å²) < 4.78 is 14.2. The van der Waals surface area contributed by atoms with E-state index in [-0.39, 0.29) is 5.69 Å². The Morgan fingerprint density at radius 3 is 2.47 bits per heavy atom. The van der Waals surface area contributed by atoms with Gasteiger partial charge in [0, 0.05) is 7.05 Å². The SMILES string of the molecule is Cc1c(NC(=O)CN2C(=O)N[C@](C)(c3ccc4c(c3)OCCO4)C2=O)c(=O)n(-c2ccccc2)n1C. The summed E-state index contributed by atoms with van der Waals surface area (Å²) in [7, 11) is 1.70. The van der Waals surface area contributed by atoms with Crippen molar-refractivity contribution in [2.75, 3.05) is 25.1 Å². The molecule has 4 amide bonds. The summed E-state index contributed by atoms with van der Waals surface area (Å²) in [5.74, 6) is -0.227. The number of benzene rings is 2. The molecule has 5 rings (SSSR count). The summed E-state index contributed by atoms with van der Waals surface area (Å²) in [6, 6.07) is 13.3. The van der Waals surface area contributed by atoms with Crippen molar-refractivity contribution in [1.29, 1.82) is 0 Å². The van der Waals surface area contributed by atoms with E-state index in [1.165, 1.54) is 4.68 Å². The van der Waals surface area contributed by atoms with Crippen molar-refractivity contribution in [3.63, 3.8) is 0 Å². The van der Waals surface area contributed by atoms with Gasteiger partial charge in [0.15, 0.2) is 11.5 Å². The van der Waals surface area contributed by atoms with Crippen LogP contribution in [0.4, 0.5) is 10.5 Å². The van der Waals surface area contributed by atoms with Crippen LogP contribution in [0.3, 0.4) is 0 Å². The van der Waals surface area contributed by atoms with Gasteiger partial charge in [-0.3, -0.25) is 24.0 Å². The van der Waals surface area contributed by atoms with E-state index >= 15 is 0 Å². The second kappa shape index (κ2) is 8.59. The Hall–Kier alpha value is -4.54. The fourth-order valence-corrected chi connectivity index (χ4v) is 4.43. The normalized spacial score (nSPS) is 18.8. The molecule has 36 heavy (non-hydrogen) atoms. The summed E-state index contributed by atoms with van der Waals surface area (Å²) in [6.07, 6.45) is 0. The zero-order valence-corrected chi connectivity index (χ0v) is 20.0. The van der Waals surface area contributed by atoms with Gasteiger partial charge in [0.05, 0.1) is 11.4 Å². The van der Waals surface area contributed by atoms with Gasteiger partial charge in [0.1, 0.15) is 31.0 Å². The summed E-state index contributed by atoms with van der Waals surface area (Å²) >= 11 is 0. The topological polar surface area (TPSA) is 124 Å². The number of urea groups is 1. The van der Waals surface area contributed by atoms with Gasteiger partial charge in [0.25, 0.3) is 11.5 Å². The van der Waals surface area contributed by atoms with Crippen molar-refractivity contribution in [1.82, 2.24) is 19.6 Å². The number of fused-ring (bicyclic) bond motifs is 1. The Morgan fingerprint density at radius 1 is 1.06 bits per heavy atom. The third-order valence-electron chi connectivity index (χ3n) is 6.51. The molecule has 11 nitrogen and oxygen atoms in total. The molecule has 1 saturated heterocycles. The Labute approximate surface area is 206 Å². The number of nitrogens with one attached hydrogen (secondary N) is 2. The highest BCUT2D eigenvalue weighted by Gasteiger charge is 2.50. The van der Waals surface area contributed by atoms with Gasteiger partial charge in [-0.2, -0.15) is 0 Å². The van der Waals surface area contributed by atoms with Crippen molar-refractivity contribution in [2.45, 2.75) is 19.4 Å². The van der Waals surface area contributed by atoms with Crippen LogP contribution >= 0.6 is 0 Å². The predicted octanol–water partition coefficient (Wildman–Crippen LogP) is 1.66. The molecule has 0 unspecified atom stereocenters. The van der Waals surface area contributed by atoms with Gasteiger partial charge in [0.2, 0.25) is 5.91 Å². The number of ether oxygens (including phenoxy) is 2. The Kier molecular flexibility index (Phi) is 5.54. The molecule has 1 aromatic heterocycles. The van der Waals surface area contributed by atoms with Crippen molar-refractivity contribution >= 4 is 23.5 Å². The molecule has 3 heterocycles. The largest absolute Gasteiger partial charge is 0.486 e. The molecule has 1 atom stereocenters. The average Bonchev–Trinajstić information content (AvgIpc) is 3.23. The lowest BCUT2D eigenvalue weighted by atomic mass is 9.91. The smallest absolute Gasteiger partial charge is 0.325 e. The Morgan fingerprint density at radius 2 is 1.75 bits per heavy atom. The van der Waals surface area contributed by atoms with Gasteiger partial charge < -0.3 is 20.1 Å². The fraction of sp³-hybridized carbons (Fsp3) is 0.280. The van der Waals surface area contributed by atoms with E-state index in [1.807, 2.05) is 6.07 Å². The maximum absolute atomic E-state index is 13.3. The maximum atomic E-state index is 13.3. The molecule has 2 aliphatic heterocycles. The van der Waals surface area contributed by atoms with E-state index in [9.17, 15) is 19.2 Å². The van der Waals surface area contributed by atoms with Crippen LogP contribution in [-0.2, 0) is 22.2 Å². The first-order valence-corrected chi connectivity index (χ1v) is 11.4. The summed E-state index contributed by atoms with van der Waals surface area (Å²) in [6.45, 7) is 3.52. The number of anilines is 1. The Bertz CT molecular complexity index is 1440. The Balaban J connectivity index is 1.36. The minimum absolute atomic E-state index is 0.0769. The third-order valence-corrected chi connectivity index (χ3v) is 6.51. The number of rotatable bonds is 5. The van der Waals surface area contributed by atoms with E-state index in [2.05, 4.69) is 10.6 Å². The molecule has 3 aromatic rings. The van der Waals surface area contributed by atoms with Crippen LogP contribution in [0.15, 0.2) is 53.3 Å². The highest BCUT2D eigenvalue weighted by molar-refractivity contribution is 6.10. The van der Waals surface area contributed by atoms with Gasteiger partial charge in [-0.25, -0.2) is 9.48 Å². The lowest BCUT2D eigenvalue weighted by molar-refractivity contribution is -0.133. The second-order valence-corrected chi connectivity index (χ2v) is 8.79. The zero-order valence-electron chi connectivity index (χ0n) is 20.0. The molecule has 2 aliphatic rings. The third kappa shape index (κ3) is 3.69. The standard InChI is InChI=1S/C25H25N5O6/c1-15-21(22(32)30(28(15)3)17-7-5-4-6-8-17)26-20(31)14-29-23(33)25(2,27-24(29)34)16-9-10-18-19(13-16)36-12-11-35-18/h4-10,13H,11-12,14H2,1-3H3,(H,26,31)(H,27,34)/t25-/m1/s1. The summed E-state index contributed by atoms with van der Waals surface area (Å²) in [5.41, 5.74) is -0.0810. The summed E-state index contributed by atoms with van der Waals surface area (Å²) in [4.78, 5) is 52.8. The maximum Gasteiger partial charge on any atom is 0.325 e. The van der Waals surface area contributed by atoms with Crippen molar-refractivity contribution < 1.29 is 23.9 Å². The quantitative estimate of drug-likeness (QED) is 0.524. The van der Waals surface area contributed by atoms with Crippen molar-refractivity contribution in [3.8, 4) is 17.2 Å². The second-order valence-electron chi connectivity index (χ2n) is 8.79. The van der Waals surface area contributed by atoms with E-state index in [0.29, 0.717) is 41.7 Å². The molecule has 2 N–H and O–H groups in total. The first-order valence-electron chi connectivity index (χ1n) is 11.4. The monoisotopic (exact) mass is 491 g/mol. The molecule has 0 aliphatic carbocycles. The predicted molar refractivity (Wildman–Crippen MR) is 129 cm³/mol. The molecule has 0 saturated carbocycles. The number of carbonyl (C=O) groups is 3. The lowest BCUT2D eigenvalue weighted by Gasteiger charge is -2.25. The number of imide groups is 1. The van der Waals surface area contributed by atoms with E-state index in [0.717, 1.165) is 4.90 Å². The van der Waals surface area contributed by atoms with Crippen LogP contribution in [0.5, 0.6) is 11.5 Å². The highest BCUT2D eigenvalue weighted by Crippen LogP contribution is 2.36. The van der Waals surface area contributed by atoms with Crippen LogP contribution in [0.1, 0.15) is 18.2 Å². The first kappa shape index (κ1) is 23.2. The molecule has 186 valence electrons. The van der Waals surface area contributed by atoms with Crippen molar-refractivity contribution in [2.24, 2.45) is 7.05 Å². The van der Waals surface area contributed by atoms with Crippen molar-refractivity contribution in [3.05, 3.63) is 70.1 Å². The molecule has 0 radical (unpaired) electrons. The molecular formula is C25H25N5O6. The number of aromatic nitrogens is 2. The van der Waals surface area contributed by atoms with Crippen LogP contribution < -0.4 is 25.7 Å². The first-order chi connectivity index (χ1) is 17.2. The van der Waals surface area contributed by atoms with Gasteiger partial charge in [-0.05, 0) is 43.7 Å². The number of nitrogens with zero attached hydrogens (tertiary/aromatic N) is 3. The lowest BCUT2D eigenvalue weighted by Crippen LogP contribution is -2.42. The minimum atomic E-state index is -1.39. The number of carbonyl (C=O) groups excluding carboxylic acids is 3. The molecule has 2 aromatic carbocycles. The van der Waals surface area contributed by atoms with E-state index in [4.69, 9.17) is 9.47 Å². The fourth-order valence-electron chi connectivity index (χ4n) is 4.43. The summed E-state index contributed by atoms with van der Waals surface area (Å²) in [5, 5.41) is 5.25. The minimum Gasteiger partial charge on any atom is -0.486 e. The molecular weight excluding hydrogens is 466 g/mol. The number of hydrogen-bond acceptors (Lipinski definition) is 6.